The summed E-state index contributed by atoms with van der Waals surface area (Å²) in [6, 6.07) is 6.44. The van der Waals surface area contributed by atoms with Crippen LogP contribution in [0.4, 0.5) is 0 Å². The van der Waals surface area contributed by atoms with Crippen molar-refractivity contribution in [2.24, 2.45) is 18.7 Å². The number of carbonyl (C=O) groups is 3. The number of hydrogen-bond acceptors (Lipinski definition) is 5. The van der Waals surface area contributed by atoms with Crippen molar-refractivity contribution in [1.29, 1.82) is 0 Å². The quantitative estimate of drug-likeness (QED) is 0.555. The highest BCUT2D eigenvalue weighted by molar-refractivity contribution is 6.00. The standard InChI is InChI=1S/C23H32N4O4/c1-27-13-11-15-9-10-16(14-20(15)27)21(28)26-19(8-5-12-24)22(29)25-18-7-4-3-6-17(18)23(30)31-2/h9-11,13-14,17-19H,3-8,12,24H2,1-2H3,(H,25,29)(H,26,28)/t17-,18+,19+/m1/s1. The van der Waals surface area contributed by atoms with Crippen LogP contribution in [0.2, 0.25) is 0 Å². The number of carbonyl (C=O) groups excluding carboxylic acids is 3. The van der Waals surface area contributed by atoms with Gasteiger partial charge in [-0.05, 0) is 55.8 Å². The van der Waals surface area contributed by atoms with Crippen LogP contribution in [0.1, 0.15) is 48.9 Å². The molecule has 0 bridgehead atoms. The van der Waals surface area contributed by atoms with Gasteiger partial charge in [0.1, 0.15) is 6.04 Å². The number of ether oxygens (including phenoxy) is 1. The average Bonchev–Trinajstić information content (AvgIpc) is 3.16. The molecule has 3 rings (SSSR count). The highest BCUT2D eigenvalue weighted by Gasteiger charge is 2.34. The van der Waals surface area contributed by atoms with Crippen molar-refractivity contribution < 1.29 is 19.1 Å². The van der Waals surface area contributed by atoms with Gasteiger partial charge in [-0.1, -0.05) is 18.9 Å². The Morgan fingerprint density at radius 1 is 1.23 bits per heavy atom. The number of rotatable bonds is 8. The minimum atomic E-state index is -0.722. The van der Waals surface area contributed by atoms with E-state index in [1.807, 2.05) is 36.0 Å². The van der Waals surface area contributed by atoms with Crippen LogP contribution in [-0.2, 0) is 21.4 Å². The van der Waals surface area contributed by atoms with E-state index >= 15 is 0 Å². The van der Waals surface area contributed by atoms with Crippen molar-refractivity contribution in [3.05, 3.63) is 36.0 Å². The number of nitrogens with two attached hydrogens (primary N) is 1. The number of fused-ring (bicyclic) bond motifs is 1. The average molecular weight is 429 g/mol. The van der Waals surface area contributed by atoms with E-state index < -0.39 is 6.04 Å². The van der Waals surface area contributed by atoms with E-state index in [9.17, 15) is 14.4 Å². The van der Waals surface area contributed by atoms with Crippen LogP contribution in [0, 0.1) is 5.92 Å². The second kappa shape index (κ2) is 10.4. The minimum absolute atomic E-state index is 0.286. The van der Waals surface area contributed by atoms with Crippen molar-refractivity contribution in [3.63, 3.8) is 0 Å². The molecule has 168 valence electrons. The Kier molecular flexibility index (Phi) is 7.68. The molecule has 1 heterocycles. The molecule has 2 aromatic rings. The summed E-state index contributed by atoms with van der Waals surface area (Å²) in [5.74, 6) is -1.26. The van der Waals surface area contributed by atoms with Crippen LogP contribution in [0.3, 0.4) is 0 Å². The van der Waals surface area contributed by atoms with Crippen LogP contribution in [0.5, 0.6) is 0 Å². The fourth-order valence-electron chi connectivity index (χ4n) is 4.26. The predicted molar refractivity (Wildman–Crippen MR) is 118 cm³/mol. The summed E-state index contributed by atoms with van der Waals surface area (Å²) < 4.78 is 6.85. The van der Waals surface area contributed by atoms with Crippen LogP contribution >= 0.6 is 0 Å². The van der Waals surface area contributed by atoms with Gasteiger partial charge in [-0.2, -0.15) is 0 Å². The summed E-state index contributed by atoms with van der Waals surface area (Å²) in [7, 11) is 3.28. The molecule has 2 amide bonds. The third-order valence-corrected chi connectivity index (χ3v) is 6.07. The lowest BCUT2D eigenvalue weighted by molar-refractivity contribution is -0.147. The Hall–Kier alpha value is -2.87. The van der Waals surface area contributed by atoms with E-state index in [-0.39, 0.29) is 29.7 Å². The fourth-order valence-corrected chi connectivity index (χ4v) is 4.26. The van der Waals surface area contributed by atoms with Gasteiger partial charge in [0.15, 0.2) is 0 Å². The smallest absolute Gasteiger partial charge is 0.310 e. The first-order valence-corrected chi connectivity index (χ1v) is 10.9. The van der Waals surface area contributed by atoms with Crippen molar-refractivity contribution >= 4 is 28.7 Å². The lowest BCUT2D eigenvalue weighted by Crippen LogP contribution is -2.53. The number of methoxy groups -OCH3 is 1. The Morgan fingerprint density at radius 2 is 2.00 bits per heavy atom. The largest absolute Gasteiger partial charge is 0.469 e. The molecule has 8 heteroatoms. The van der Waals surface area contributed by atoms with Crippen LogP contribution < -0.4 is 16.4 Å². The van der Waals surface area contributed by atoms with Gasteiger partial charge >= 0.3 is 5.97 Å². The third-order valence-electron chi connectivity index (χ3n) is 6.07. The first-order chi connectivity index (χ1) is 14.9. The molecule has 0 radical (unpaired) electrons. The summed E-state index contributed by atoms with van der Waals surface area (Å²) in [4.78, 5) is 38.1. The molecule has 0 aliphatic heterocycles. The van der Waals surface area contributed by atoms with Crippen molar-refractivity contribution in [2.75, 3.05) is 13.7 Å². The van der Waals surface area contributed by atoms with E-state index in [0.717, 1.165) is 23.7 Å². The molecule has 1 aliphatic carbocycles. The SMILES string of the molecule is COC(=O)[C@@H]1CCCC[C@@H]1NC(=O)[C@H](CCCN)NC(=O)c1ccc2ccn(C)c2c1. The van der Waals surface area contributed by atoms with Crippen molar-refractivity contribution in [1.82, 2.24) is 15.2 Å². The maximum absolute atomic E-state index is 13.0. The monoisotopic (exact) mass is 428 g/mol. The van der Waals surface area contributed by atoms with Gasteiger partial charge in [0.25, 0.3) is 5.91 Å². The van der Waals surface area contributed by atoms with Crippen molar-refractivity contribution in [3.8, 4) is 0 Å². The summed E-state index contributed by atoms with van der Waals surface area (Å²) in [5.41, 5.74) is 7.08. The van der Waals surface area contributed by atoms with E-state index in [0.29, 0.717) is 37.8 Å². The van der Waals surface area contributed by atoms with E-state index in [2.05, 4.69) is 10.6 Å². The molecule has 0 unspecified atom stereocenters. The van der Waals surface area contributed by atoms with Gasteiger partial charge in [-0.25, -0.2) is 0 Å². The normalized spacial score (nSPS) is 19.6. The van der Waals surface area contributed by atoms with Crippen LogP contribution in [0.25, 0.3) is 10.9 Å². The van der Waals surface area contributed by atoms with Crippen LogP contribution in [-0.4, -0.2) is 48.1 Å². The van der Waals surface area contributed by atoms with Gasteiger partial charge in [-0.15, -0.1) is 0 Å². The molecule has 31 heavy (non-hydrogen) atoms. The Bertz CT molecular complexity index is 939. The van der Waals surface area contributed by atoms with Gasteiger partial charge in [0.05, 0.1) is 13.0 Å². The first-order valence-electron chi connectivity index (χ1n) is 10.9. The molecular formula is C23H32N4O4. The zero-order valence-corrected chi connectivity index (χ0v) is 18.2. The lowest BCUT2D eigenvalue weighted by atomic mass is 9.84. The second-order valence-electron chi connectivity index (χ2n) is 8.19. The summed E-state index contributed by atoms with van der Waals surface area (Å²) in [6.45, 7) is 0.420. The third kappa shape index (κ3) is 5.44. The molecule has 0 saturated heterocycles. The summed E-state index contributed by atoms with van der Waals surface area (Å²) in [6.07, 6.45) is 6.24. The predicted octanol–water partition coefficient (Wildman–Crippen LogP) is 1.86. The first kappa shape index (κ1) is 22.8. The number of nitrogens with zero attached hydrogens (tertiary/aromatic N) is 1. The van der Waals surface area contributed by atoms with Crippen LogP contribution in [0.15, 0.2) is 30.5 Å². The maximum atomic E-state index is 13.0. The molecule has 1 saturated carbocycles. The molecule has 0 spiro atoms. The minimum Gasteiger partial charge on any atom is -0.469 e. The van der Waals surface area contributed by atoms with E-state index in [1.54, 1.807) is 6.07 Å². The molecule has 1 aromatic carbocycles. The number of hydrogen-bond donors (Lipinski definition) is 3. The highest BCUT2D eigenvalue weighted by Crippen LogP contribution is 2.25. The molecular weight excluding hydrogens is 396 g/mol. The van der Waals surface area contributed by atoms with Gasteiger partial charge in [0, 0.05) is 30.4 Å². The van der Waals surface area contributed by atoms with Crippen molar-refractivity contribution in [2.45, 2.75) is 50.6 Å². The second-order valence-corrected chi connectivity index (χ2v) is 8.19. The fraction of sp³-hybridized carbons (Fsp3) is 0.522. The number of nitrogens with one attached hydrogen (secondary N) is 2. The Morgan fingerprint density at radius 3 is 2.74 bits per heavy atom. The molecule has 1 aromatic heterocycles. The Balaban J connectivity index is 1.72. The lowest BCUT2D eigenvalue weighted by Gasteiger charge is -2.31. The molecule has 4 N–H and O–H groups in total. The zero-order valence-electron chi connectivity index (χ0n) is 18.2. The topological polar surface area (TPSA) is 115 Å². The number of aryl methyl sites for hydroxylation is 1. The molecule has 1 aliphatic rings. The number of amides is 2. The summed E-state index contributed by atoms with van der Waals surface area (Å²) >= 11 is 0. The van der Waals surface area contributed by atoms with E-state index in [4.69, 9.17) is 10.5 Å². The van der Waals surface area contributed by atoms with Gasteiger partial charge in [-0.3, -0.25) is 14.4 Å². The Labute approximate surface area is 182 Å². The zero-order chi connectivity index (χ0) is 22.4. The maximum Gasteiger partial charge on any atom is 0.310 e. The number of aromatic nitrogens is 1. The van der Waals surface area contributed by atoms with Gasteiger partial charge < -0.3 is 25.7 Å². The van der Waals surface area contributed by atoms with Gasteiger partial charge in [0.2, 0.25) is 5.91 Å². The van der Waals surface area contributed by atoms with E-state index in [1.165, 1.54) is 7.11 Å². The summed E-state index contributed by atoms with van der Waals surface area (Å²) in [5, 5.41) is 6.89. The number of benzene rings is 1. The molecule has 3 atom stereocenters. The molecule has 1 fully saturated rings. The highest BCUT2D eigenvalue weighted by atomic mass is 16.5. The molecule has 8 nitrogen and oxygen atoms in total. The number of esters is 1.